The van der Waals surface area contributed by atoms with Crippen LogP contribution in [0.4, 0.5) is 0 Å². The third-order valence-electron chi connectivity index (χ3n) is 3.87. The van der Waals surface area contributed by atoms with Crippen LogP contribution in [0.5, 0.6) is 0 Å². The SMILES string of the molecule is CCNC(=NCc1cccc(C(=O)NC(C)(C)C)c1)NC1CC1C. The number of guanidine groups is 1. The molecule has 5 nitrogen and oxygen atoms in total. The van der Waals surface area contributed by atoms with Crippen molar-refractivity contribution in [3.8, 4) is 0 Å². The summed E-state index contributed by atoms with van der Waals surface area (Å²) < 4.78 is 0. The van der Waals surface area contributed by atoms with Crippen molar-refractivity contribution in [2.75, 3.05) is 6.54 Å². The molecule has 1 aliphatic rings. The van der Waals surface area contributed by atoms with Gasteiger partial charge in [0.1, 0.15) is 0 Å². The summed E-state index contributed by atoms with van der Waals surface area (Å²) in [7, 11) is 0. The van der Waals surface area contributed by atoms with Crippen LogP contribution in [0.2, 0.25) is 0 Å². The monoisotopic (exact) mass is 330 g/mol. The highest BCUT2D eigenvalue weighted by Gasteiger charge is 2.33. The lowest BCUT2D eigenvalue weighted by atomic mass is 10.1. The summed E-state index contributed by atoms with van der Waals surface area (Å²) in [6.45, 7) is 11.6. The van der Waals surface area contributed by atoms with Crippen molar-refractivity contribution in [3.05, 3.63) is 35.4 Å². The number of nitrogens with zero attached hydrogens (tertiary/aromatic N) is 1. The molecule has 1 aromatic rings. The molecule has 1 aromatic carbocycles. The lowest BCUT2D eigenvalue weighted by Crippen LogP contribution is -2.40. The molecular weight excluding hydrogens is 300 g/mol. The van der Waals surface area contributed by atoms with Crippen LogP contribution >= 0.6 is 0 Å². The molecule has 2 rings (SSSR count). The van der Waals surface area contributed by atoms with Crippen LogP contribution in [0.3, 0.4) is 0 Å². The predicted octanol–water partition coefficient (Wildman–Crippen LogP) is 2.68. The van der Waals surface area contributed by atoms with Gasteiger partial charge in [-0.25, -0.2) is 4.99 Å². The first-order valence-corrected chi connectivity index (χ1v) is 8.75. The minimum absolute atomic E-state index is 0.0508. The second-order valence-corrected chi connectivity index (χ2v) is 7.56. The molecule has 3 N–H and O–H groups in total. The van der Waals surface area contributed by atoms with Crippen molar-refractivity contribution in [2.24, 2.45) is 10.9 Å². The third kappa shape index (κ3) is 5.87. The van der Waals surface area contributed by atoms with Crippen LogP contribution in [-0.4, -0.2) is 30.0 Å². The van der Waals surface area contributed by atoms with E-state index >= 15 is 0 Å². The van der Waals surface area contributed by atoms with Gasteiger partial charge < -0.3 is 16.0 Å². The van der Waals surface area contributed by atoms with Gasteiger partial charge >= 0.3 is 0 Å². The van der Waals surface area contributed by atoms with Crippen LogP contribution in [0.1, 0.15) is 57.0 Å². The second kappa shape index (κ2) is 7.69. The van der Waals surface area contributed by atoms with Gasteiger partial charge in [0.25, 0.3) is 5.91 Å². The van der Waals surface area contributed by atoms with Gasteiger partial charge in [0.2, 0.25) is 0 Å². The van der Waals surface area contributed by atoms with Crippen molar-refractivity contribution in [3.63, 3.8) is 0 Å². The van der Waals surface area contributed by atoms with Gasteiger partial charge in [0.15, 0.2) is 5.96 Å². The van der Waals surface area contributed by atoms with Crippen molar-refractivity contribution in [2.45, 2.75) is 59.2 Å². The van der Waals surface area contributed by atoms with E-state index in [0.29, 0.717) is 18.2 Å². The smallest absolute Gasteiger partial charge is 0.251 e. The Morgan fingerprint density at radius 1 is 1.33 bits per heavy atom. The Balaban J connectivity index is 2.01. The van der Waals surface area contributed by atoms with Crippen LogP contribution in [0, 0.1) is 5.92 Å². The molecule has 0 aliphatic heterocycles. The van der Waals surface area contributed by atoms with E-state index in [-0.39, 0.29) is 11.4 Å². The first kappa shape index (κ1) is 18.3. The molecule has 0 saturated heterocycles. The Labute approximate surface area is 145 Å². The van der Waals surface area contributed by atoms with Crippen molar-refractivity contribution < 1.29 is 4.79 Å². The van der Waals surface area contributed by atoms with E-state index in [2.05, 4.69) is 34.8 Å². The number of aliphatic imine (C=N–C) groups is 1. The molecule has 2 atom stereocenters. The van der Waals surface area contributed by atoms with E-state index in [4.69, 9.17) is 0 Å². The minimum atomic E-state index is -0.242. The van der Waals surface area contributed by atoms with Crippen LogP contribution in [-0.2, 0) is 6.54 Å². The maximum atomic E-state index is 12.3. The highest BCUT2D eigenvalue weighted by molar-refractivity contribution is 5.94. The normalized spacial score (nSPS) is 20.5. The fourth-order valence-corrected chi connectivity index (χ4v) is 2.41. The first-order chi connectivity index (χ1) is 11.3. The number of benzene rings is 1. The Morgan fingerprint density at radius 3 is 2.62 bits per heavy atom. The molecule has 1 amide bonds. The molecule has 2 unspecified atom stereocenters. The summed E-state index contributed by atoms with van der Waals surface area (Å²) in [5.74, 6) is 1.51. The molecule has 132 valence electrons. The van der Waals surface area contributed by atoms with E-state index < -0.39 is 0 Å². The van der Waals surface area contributed by atoms with E-state index in [9.17, 15) is 4.79 Å². The average Bonchev–Trinajstić information content (AvgIpc) is 3.19. The zero-order valence-electron chi connectivity index (χ0n) is 15.4. The number of amides is 1. The first-order valence-electron chi connectivity index (χ1n) is 8.75. The molecular formula is C19H30N4O. The van der Waals surface area contributed by atoms with E-state index in [1.807, 2.05) is 45.0 Å². The molecule has 0 heterocycles. The van der Waals surface area contributed by atoms with Gasteiger partial charge in [0.05, 0.1) is 6.54 Å². The summed E-state index contributed by atoms with van der Waals surface area (Å²) in [6, 6.07) is 8.19. The lowest BCUT2D eigenvalue weighted by Gasteiger charge is -2.20. The Bertz CT molecular complexity index is 604. The molecule has 1 saturated carbocycles. The Kier molecular flexibility index (Phi) is 5.86. The number of rotatable bonds is 5. The lowest BCUT2D eigenvalue weighted by molar-refractivity contribution is 0.0919. The van der Waals surface area contributed by atoms with Gasteiger partial charge in [-0.2, -0.15) is 0 Å². The van der Waals surface area contributed by atoms with Crippen molar-refractivity contribution >= 4 is 11.9 Å². The standard InChI is InChI=1S/C19H30N4O/c1-6-20-18(22-16-10-13(16)2)21-12-14-8-7-9-15(11-14)17(24)23-19(3,4)5/h7-9,11,13,16H,6,10,12H2,1-5H3,(H,23,24)(H2,20,21,22). The molecule has 0 aromatic heterocycles. The van der Waals surface area contributed by atoms with Crippen LogP contribution in [0.25, 0.3) is 0 Å². The highest BCUT2D eigenvalue weighted by atomic mass is 16.1. The van der Waals surface area contributed by atoms with Crippen LogP contribution in [0.15, 0.2) is 29.3 Å². The van der Waals surface area contributed by atoms with E-state index in [1.54, 1.807) is 0 Å². The van der Waals surface area contributed by atoms with E-state index in [0.717, 1.165) is 24.0 Å². The second-order valence-electron chi connectivity index (χ2n) is 7.56. The topological polar surface area (TPSA) is 65.5 Å². The number of carbonyl (C=O) groups is 1. The van der Waals surface area contributed by atoms with Gasteiger partial charge in [-0.05, 0) is 57.7 Å². The van der Waals surface area contributed by atoms with Crippen LogP contribution < -0.4 is 16.0 Å². The quantitative estimate of drug-likeness (QED) is 0.574. The third-order valence-corrected chi connectivity index (χ3v) is 3.87. The Hall–Kier alpha value is -2.04. The number of carbonyl (C=O) groups excluding carboxylic acids is 1. The summed E-state index contributed by atoms with van der Waals surface area (Å²) in [5, 5.41) is 9.70. The van der Waals surface area contributed by atoms with Gasteiger partial charge in [-0.1, -0.05) is 19.1 Å². The van der Waals surface area contributed by atoms with Gasteiger partial charge in [-0.3, -0.25) is 4.79 Å². The Morgan fingerprint density at radius 2 is 2.04 bits per heavy atom. The number of hydrogen-bond donors (Lipinski definition) is 3. The molecule has 0 bridgehead atoms. The summed E-state index contributed by atoms with van der Waals surface area (Å²) >= 11 is 0. The van der Waals surface area contributed by atoms with Gasteiger partial charge in [0, 0.05) is 23.7 Å². The average molecular weight is 330 g/mol. The zero-order chi connectivity index (χ0) is 17.7. The largest absolute Gasteiger partial charge is 0.357 e. The fraction of sp³-hybridized carbons (Fsp3) is 0.579. The minimum Gasteiger partial charge on any atom is -0.357 e. The zero-order valence-corrected chi connectivity index (χ0v) is 15.4. The van der Waals surface area contributed by atoms with Crippen molar-refractivity contribution in [1.82, 2.24) is 16.0 Å². The number of hydrogen-bond acceptors (Lipinski definition) is 2. The maximum Gasteiger partial charge on any atom is 0.251 e. The molecule has 0 spiro atoms. The summed E-state index contributed by atoms with van der Waals surface area (Å²) in [6.07, 6.45) is 1.20. The molecule has 1 fully saturated rings. The molecule has 5 heteroatoms. The van der Waals surface area contributed by atoms with E-state index in [1.165, 1.54) is 6.42 Å². The highest BCUT2D eigenvalue weighted by Crippen LogP contribution is 2.28. The predicted molar refractivity (Wildman–Crippen MR) is 99.2 cm³/mol. The van der Waals surface area contributed by atoms with Gasteiger partial charge in [-0.15, -0.1) is 0 Å². The molecule has 1 aliphatic carbocycles. The maximum absolute atomic E-state index is 12.3. The summed E-state index contributed by atoms with van der Waals surface area (Å²) in [4.78, 5) is 16.9. The number of nitrogens with one attached hydrogen (secondary N) is 3. The van der Waals surface area contributed by atoms with Crippen molar-refractivity contribution in [1.29, 1.82) is 0 Å². The molecule has 24 heavy (non-hydrogen) atoms. The molecule has 0 radical (unpaired) electrons. The summed E-state index contributed by atoms with van der Waals surface area (Å²) in [5.41, 5.74) is 1.46. The fourth-order valence-electron chi connectivity index (χ4n) is 2.41.